The van der Waals surface area contributed by atoms with Crippen molar-refractivity contribution >= 4 is 17.6 Å². The van der Waals surface area contributed by atoms with Crippen LogP contribution in [0, 0.1) is 11.3 Å². The van der Waals surface area contributed by atoms with Gasteiger partial charge in [0, 0.05) is 50.3 Å². The lowest BCUT2D eigenvalue weighted by Crippen LogP contribution is -2.51. The van der Waals surface area contributed by atoms with Gasteiger partial charge in [-0.2, -0.15) is 0 Å². The molecule has 0 radical (unpaired) electrons. The zero-order valence-corrected chi connectivity index (χ0v) is 19.4. The second kappa shape index (κ2) is 9.20. The van der Waals surface area contributed by atoms with Crippen LogP contribution >= 0.6 is 0 Å². The minimum atomic E-state index is -0.440. The number of carbonyl (C=O) groups is 3. The number of nitrogens with one attached hydrogen (secondary N) is 1. The lowest BCUT2D eigenvalue weighted by atomic mass is 9.75. The van der Waals surface area contributed by atoms with E-state index in [1.165, 1.54) is 38.2 Å². The Bertz CT molecular complexity index is 950. The molecule has 2 heterocycles. The first kappa shape index (κ1) is 22.7. The first-order valence-corrected chi connectivity index (χ1v) is 12.1. The van der Waals surface area contributed by atoms with E-state index in [9.17, 15) is 19.2 Å². The van der Waals surface area contributed by atoms with Crippen LogP contribution in [-0.2, 0) is 11.2 Å². The fourth-order valence-electron chi connectivity index (χ4n) is 5.48. The summed E-state index contributed by atoms with van der Waals surface area (Å²) in [6.07, 6.45) is 8.93. The van der Waals surface area contributed by atoms with Crippen LogP contribution in [0.5, 0.6) is 0 Å². The average molecular weight is 442 g/mol. The van der Waals surface area contributed by atoms with Crippen molar-refractivity contribution < 1.29 is 14.4 Å². The topological polar surface area (TPSA) is 90.6 Å². The zero-order chi connectivity index (χ0) is 22.9. The standard InChI is InChI=1S/C25H35N3O4/c1-25(2)15-20-18(21(29)16-25)14-19(23(31)26-20)24(32)28-12-10-27(11-13-28)22(30)9-8-17-6-4-3-5-7-17/h14,17H,3-13,15-16H2,1-2H3,(H,26,31). The van der Waals surface area contributed by atoms with Gasteiger partial charge < -0.3 is 14.8 Å². The summed E-state index contributed by atoms with van der Waals surface area (Å²) >= 11 is 0. The smallest absolute Gasteiger partial charge is 0.261 e. The van der Waals surface area contributed by atoms with Gasteiger partial charge in [-0.15, -0.1) is 0 Å². The van der Waals surface area contributed by atoms with Gasteiger partial charge in [0.25, 0.3) is 11.5 Å². The van der Waals surface area contributed by atoms with E-state index in [1.54, 1.807) is 4.90 Å². The van der Waals surface area contributed by atoms with E-state index in [2.05, 4.69) is 4.98 Å². The Hall–Kier alpha value is -2.44. The second-order valence-corrected chi connectivity index (χ2v) is 10.6. The van der Waals surface area contributed by atoms with Gasteiger partial charge in [0.1, 0.15) is 5.56 Å². The molecule has 1 aromatic heterocycles. The van der Waals surface area contributed by atoms with E-state index in [0.29, 0.717) is 62.6 Å². The van der Waals surface area contributed by atoms with Crippen molar-refractivity contribution in [3.63, 3.8) is 0 Å². The molecule has 1 aromatic rings. The quantitative estimate of drug-likeness (QED) is 0.777. The number of nitrogens with zero attached hydrogens (tertiary/aromatic N) is 2. The number of ketones is 1. The van der Waals surface area contributed by atoms with E-state index in [0.717, 1.165) is 6.42 Å². The first-order chi connectivity index (χ1) is 15.2. The van der Waals surface area contributed by atoms with Crippen LogP contribution in [0.3, 0.4) is 0 Å². The van der Waals surface area contributed by atoms with E-state index in [4.69, 9.17) is 0 Å². The molecule has 1 saturated carbocycles. The molecule has 4 rings (SSSR count). The van der Waals surface area contributed by atoms with Gasteiger partial charge >= 0.3 is 0 Å². The molecule has 0 unspecified atom stereocenters. The molecule has 7 heteroatoms. The fourth-order valence-corrected chi connectivity index (χ4v) is 5.48. The number of aromatic nitrogens is 1. The summed E-state index contributed by atoms with van der Waals surface area (Å²) in [5, 5.41) is 0. The maximum atomic E-state index is 13.0. The number of rotatable bonds is 4. The summed E-state index contributed by atoms with van der Waals surface area (Å²) in [5.74, 6) is 0.456. The number of H-pyrrole nitrogens is 1. The lowest BCUT2D eigenvalue weighted by Gasteiger charge is -2.35. The summed E-state index contributed by atoms with van der Waals surface area (Å²) in [5.41, 5.74) is 0.474. The highest BCUT2D eigenvalue weighted by Gasteiger charge is 2.34. The maximum absolute atomic E-state index is 13.0. The van der Waals surface area contributed by atoms with Crippen molar-refractivity contribution in [1.29, 1.82) is 0 Å². The van der Waals surface area contributed by atoms with Gasteiger partial charge in [-0.1, -0.05) is 46.0 Å². The molecule has 0 atom stereocenters. The molecule has 32 heavy (non-hydrogen) atoms. The Morgan fingerprint density at radius 1 is 1.00 bits per heavy atom. The minimum Gasteiger partial charge on any atom is -0.339 e. The lowest BCUT2D eigenvalue weighted by molar-refractivity contribution is -0.133. The van der Waals surface area contributed by atoms with E-state index in [-0.39, 0.29) is 28.6 Å². The molecule has 0 aromatic carbocycles. The van der Waals surface area contributed by atoms with Crippen molar-refractivity contribution in [2.24, 2.45) is 11.3 Å². The third-order valence-electron chi connectivity index (χ3n) is 7.36. The second-order valence-electron chi connectivity index (χ2n) is 10.6. The number of Topliss-reactive ketones (excluding diaryl/α,β-unsaturated/α-hetero) is 1. The Morgan fingerprint density at radius 2 is 1.66 bits per heavy atom. The zero-order valence-electron chi connectivity index (χ0n) is 19.4. The van der Waals surface area contributed by atoms with Gasteiger partial charge in [0.05, 0.1) is 0 Å². The molecule has 2 fully saturated rings. The van der Waals surface area contributed by atoms with Crippen molar-refractivity contribution in [3.8, 4) is 0 Å². The molecule has 7 nitrogen and oxygen atoms in total. The predicted molar refractivity (Wildman–Crippen MR) is 122 cm³/mol. The molecule has 2 aliphatic carbocycles. The summed E-state index contributed by atoms with van der Waals surface area (Å²) < 4.78 is 0. The molecule has 2 amide bonds. The van der Waals surface area contributed by atoms with Crippen molar-refractivity contribution in [1.82, 2.24) is 14.8 Å². The number of hydrogen-bond donors (Lipinski definition) is 1. The van der Waals surface area contributed by atoms with Crippen molar-refractivity contribution in [2.75, 3.05) is 26.2 Å². The summed E-state index contributed by atoms with van der Waals surface area (Å²) in [6.45, 7) is 5.80. The number of carbonyl (C=O) groups excluding carboxylic acids is 3. The SMILES string of the molecule is CC1(C)CC(=O)c2cc(C(=O)N3CCN(C(=O)CCC4CCCCC4)CC3)c(=O)[nH]c2C1. The van der Waals surface area contributed by atoms with Gasteiger partial charge in [0.15, 0.2) is 5.78 Å². The molecule has 1 aliphatic heterocycles. The fraction of sp³-hybridized carbons (Fsp3) is 0.680. The molecule has 3 aliphatic rings. The third-order valence-corrected chi connectivity index (χ3v) is 7.36. The van der Waals surface area contributed by atoms with E-state index < -0.39 is 5.56 Å². The van der Waals surface area contributed by atoms with Crippen LogP contribution in [0.2, 0.25) is 0 Å². The molecule has 0 bridgehead atoms. The highest BCUT2D eigenvalue weighted by Crippen LogP contribution is 2.33. The minimum absolute atomic E-state index is 0.0221. The highest BCUT2D eigenvalue weighted by molar-refractivity contribution is 6.02. The number of hydrogen-bond acceptors (Lipinski definition) is 4. The number of pyridine rings is 1. The molecule has 1 saturated heterocycles. The first-order valence-electron chi connectivity index (χ1n) is 12.1. The normalized spacial score (nSPS) is 21.4. The van der Waals surface area contributed by atoms with Crippen LogP contribution in [-0.4, -0.2) is 58.6 Å². The van der Waals surface area contributed by atoms with Gasteiger partial charge in [-0.05, 0) is 30.2 Å². The van der Waals surface area contributed by atoms with Crippen LogP contribution in [0.4, 0.5) is 0 Å². The number of piperazine rings is 1. The molecular weight excluding hydrogens is 406 g/mol. The van der Waals surface area contributed by atoms with Gasteiger partial charge in [-0.3, -0.25) is 19.2 Å². The van der Waals surface area contributed by atoms with Gasteiger partial charge in [-0.25, -0.2) is 0 Å². The van der Waals surface area contributed by atoms with Crippen molar-refractivity contribution in [3.05, 3.63) is 33.2 Å². The van der Waals surface area contributed by atoms with Gasteiger partial charge in [0.2, 0.25) is 5.91 Å². The third kappa shape index (κ3) is 4.97. The summed E-state index contributed by atoms with van der Waals surface area (Å²) in [6, 6.07) is 1.48. The highest BCUT2D eigenvalue weighted by atomic mass is 16.2. The van der Waals surface area contributed by atoms with Crippen LogP contribution in [0.1, 0.15) is 91.6 Å². The van der Waals surface area contributed by atoms with Crippen LogP contribution in [0.25, 0.3) is 0 Å². The Balaban J connectivity index is 1.35. The predicted octanol–water partition coefficient (Wildman–Crippen LogP) is 3.17. The molecule has 0 spiro atoms. The monoisotopic (exact) mass is 441 g/mol. The Morgan fingerprint density at radius 3 is 2.34 bits per heavy atom. The maximum Gasteiger partial charge on any atom is 0.261 e. The summed E-state index contributed by atoms with van der Waals surface area (Å²) in [7, 11) is 0. The Labute approximate surface area is 189 Å². The average Bonchev–Trinajstić information content (AvgIpc) is 2.76. The largest absolute Gasteiger partial charge is 0.339 e. The molecule has 174 valence electrons. The number of aromatic amines is 1. The molecular formula is C25H35N3O4. The number of amides is 2. The van der Waals surface area contributed by atoms with Crippen LogP contribution in [0.15, 0.2) is 10.9 Å². The Kier molecular flexibility index (Phi) is 6.54. The molecule has 1 N–H and O–H groups in total. The van der Waals surface area contributed by atoms with Crippen LogP contribution < -0.4 is 5.56 Å². The van der Waals surface area contributed by atoms with E-state index in [1.807, 2.05) is 18.7 Å². The van der Waals surface area contributed by atoms with Crippen molar-refractivity contribution in [2.45, 2.75) is 71.6 Å². The van der Waals surface area contributed by atoms with E-state index >= 15 is 0 Å². The number of fused-ring (bicyclic) bond motifs is 1. The summed E-state index contributed by atoms with van der Waals surface area (Å²) in [4.78, 5) is 57.1.